The second-order valence-electron chi connectivity index (χ2n) is 2.23. The van der Waals surface area contributed by atoms with Gasteiger partial charge in [0.1, 0.15) is 0 Å². The number of carbonyl (C=O) groups excluding carboxylic acids is 1. The molecule has 0 saturated heterocycles. The predicted octanol–water partition coefficient (Wildman–Crippen LogP) is 0.556. The molecule has 0 bridgehead atoms. The van der Waals surface area contributed by atoms with Crippen LogP contribution in [0.4, 0.5) is 0 Å². The van der Waals surface area contributed by atoms with Crippen molar-refractivity contribution in [2.24, 2.45) is 0 Å². The molecule has 78 valence electrons. The van der Waals surface area contributed by atoms with Crippen LogP contribution < -0.4 is 0 Å². The monoisotopic (exact) mass is 208 g/mol. The van der Waals surface area contributed by atoms with Crippen LogP contribution in [0, 0.1) is 0 Å². The molecular weight excluding hydrogens is 192 g/mol. The smallest absolute Gasteiger partial charge is 0.315 e. The molecule has 0 unspecified atom stereocenters. The molecule has 0 atom stereocenters. The van der Waals surface area contributed by atoms with Crippen LogP contribution in [-0.4, -0.2) is 51.5 Å². The molecule has 0 radical (unpaired) electrons. The summed E-state index contributed by atoms with van der Waals surface area (Å²) in [5, 5.41) is 0. The van der Waals surface area contributed by atoms with E-state index in [-0.39, 0.29) is 5.97 Å². The molecule has 0 aliphatic heterocycles. The molecule has 0 rings (SSSR count). The molecule has 0 spiro atoms. The quantitative estimate of drug-likeness (QED) is 0.430. The summed E-state index contributed by atoms with van der Waals surface area (Å²) in [6.07, 6.45) is 0. The Balaban J connectivity index is 2.95. The average molecular weight is 208 g/mol. The predicted molar refractivity (Wildman–Crippen MR) is 52.0 cm³/mol. The third kappa shape index (κ3) is 9.66. The highest BCUT2D eigenvalue weighted by atomic mass is 32.2. The molecule has 0 N–H and O–H groups in total. The van der Waals surface area contributed by atoms with Crippen molar-refractivity contribution in [2.45, 2.75) is 0 Å². The standard InChI is InChI=1S/C8H16O4S/c1-10-3-4-12-5-6-13-7-8(9)11-2/h3-7H2,1-2H3. The summed E-state index contributed by atoms with van der Waals surface area (Å²) in [4.78, 5) is 10.6. The maximum absolute atomic E-state index is 10.6. The van der Waals surface area contributed by atoms with Gasteiger partial charge in [-0.1, -0.05) is 0 Å². The lowest BCUT2D eigenvalue weighted by Crippen LogP contribution is -2.07. The molecule has 0 saturated carbocycles. The highest BCUT2D eigenvalue weighted by Crippen LogP contribution is 1.99. The molecule has 0 aliphatic carbocycles. The molecule has 0 heterocycles. The van der Waals surface area contributed by atoms with Gasteiger partial charge in [0.2, 0.25) is 0 Å². The number of hydrogen-bond acceptors (Lipinski definition) is 5. The van der Waals surface area contributed by atoms with E-state index in [1.807, 2.05) is 0 Å². The molecule has 0 aromatic carbocycles. The van der Waals surface area contributed by atoms with E-state index in [1.54, 1.807) is 7.11 Å². The van der Waals surface area contributed by atoms with Crippen LogP contribution in [0.1, 0.15) is 0 Å². The van der Waals surface area contributed by atoms with Gasteiger partial charge in [-0.25, -0.2) is 0 Å². The third-order valence-electron chi connectivity index (χ3n) is 1.25. The molecule has 4 nitrogen and oxygen atoms in total. The second-order valence-corrected chi connectivity index (χ2v) is 3.34. The molecule has 0 aromatic heterocycles. The zero-order valence-corrected chi connectivity index (χ0v) is 8.89. The zero-order chi connectivity index (χ0) is 9.94. The van der Waals surface area contributed by atoms with Crippen molar-refractivity contribution in [1.82, 2.24) is 0 Å². The zero-order valence-electron chi connectivity index (χ0n) is 8.08. The van der Waals surface area contributed by atoms with Gasteiger partial charge in [-0.3, -0.25) is 4.79 Å². The minimum absolute atomic E-state index is 0.193. The van der Waals surface area contributed by atoms with Crippen molar-refractivity contribution >= 4 is 17.7 Å². The highest BCUT2D eigenvalue weighted by Gasteiger charge is 1.98. The number of thioether (sulfide) groups is 1. The summed E-state index contributed by atoms with van der Waals surface area (Å²) in [5.74, 6) is 1.00. The van der Waals surface area contributed by atoms with Gasteiger partial charge in [-0.15, -0.1) is 11.8 Å². The van der Waals surface area contributed by atoms with Crippen LogP contribution in [0.3, 0.4) is 0 Å². The number of carbonyl (C=O) groups is 1. The van der Waals surface area contributed by atoms with E-state index in [1.165, 1.54) is 18.9 Å². The molecule has 13 heavy (non-hydrogen) atoms. The minimum atomic E-state index is -0.193. The average Bonchev–Trinajstić information content (AvgIpc) is 2.16. The Morgan fingerprint density at radius 1 is 1.23 bits per heavy atom. The fraction of sp³-hybridized carbons (Fsp3) is 0.875. The summed E-state index contributed by atoms with van der Waals surface area (Å²) < 4.78 is 14.5. The van der Waals surface area contributed by atoms with E-state index in [4.69, 9.17) is 9.47 Å². The first-order valence-electron chi connectivity index (χ1n) is 4.02. The summed E-state index contributed by atoms with van der Waals surface area (Å²) >= 11 is 1.50. The van der Waals surface area contributed by atoms with E-state index in [0.29, 0.717) is 25.6 Å². The summed E-state index contributed by atoms with van der Waals surface area (Å²) in [5.41, 5.74) is 0. The lowest BCUT2D eigenvalue weighted by Gasteiger charge is -2.02. The Morgan fingerprint density at radius 3 is 2.62 bits per heavy atom. The maximum Gasteiger partial charge on any atom is 0.315 e. The Hall–Kier alpha value is -0.260. The van der Waals surface area contributed by atoms with Crippen molar-refractivity contribution < 1.29 is 19.0 Å². The Kier molecular flexibility index (Phi) is 9.63. The van der Waals surface area contributed by atoms with Gasteiger partial charge in [0.05, 0.1) is 32.7 Å². The van der Waals surface area contributed by atoms with Gasteiger partial charge >= 0.3 is 5.97 Å². The Morgan fingerprint density at radius 2 is 2.00 bits per heavy atom. The molecule has 0 amide bonds. The fourth-order valence-corrected chi connectivity index (χ4v) is 1.24. The first-order chi connectivity index (χ1) is 6.31. The maximum atomic E-state index is 10.6. The van der Waals surface area contributed by atoms with Gasteiger partial charge < -0.3 is 14.2 Å². The largest absolute Gasteiger partial charge is 0.468 e. The third-order valence-corrected chi connectivity index (χ3v) is 2.15. The fourth-order valence-electron chi connectivity index (χ4n) is 0.577. The van der Waals surface area contributed by atoms with Crippen molar-refractivity contribution in [2.75, 3.05) is 45.5 Å². The van der Waals surface area contributed by atoms with E-state index in [9.17, 15) is 4.79 Å². The molecule has 0 fully saturated rings. The van der Waals surface area contributed by atoms with E-state index >= 15 is 0 Å². The van der Waals surface area contributed by atoms with Gasteiger partial charge in [-0.05, 0) is 0 Å². The first-order valence-corrected chi connectivity index (χ1v) is 5.18. The first kappa shape index (κ1) is 12.7. The van der Waals surface area contributed by atoms with Gasteiger partial charge in [-0.2, -0.15) is 0 Å². The highest BCUT2D eigenvalue weighted by molar-refractivity contribution is 7.99. The SMILES string of the molecule is COCCOCCSCC(=O)OC. The number of ether oxygens (including phenoxy) is 3. The normalized spacial score (nSPS) is 10.0. The van der Waals surface area contributed by atoms with Crippen LogP contribution in [0.15, 0.2) is 0 Å². The molecule has 5 heteroatoms. The number of rotatable bonds is 8. The van der Waals surface area contributed by atoms with Crippen molar-refractivity contribution in [3.05, 3.63) is 0 Å². The van der Waals surface area contributed by atoms with Gasteiger partial charge in [0.25, 0.3) is 0 Å². The number of hydrogen-bond donors (Lipinski definition) is 0. The number of esters is 1. The van der Waals surface area contributed by atoms with E-state index in [0.717, 1.165) is 5.75 Å². The summed E-state index contributed by atoms with van der Waals surface area (Å²) in [6, 6.07) is 0. The number of methoxy groups -OCH3 is 2. The molecular formula is C8H16O4S. The molecule has 0 aromatic rings. The van der Waals surface area contributed by atoms with Crippen LogP contribution in [0.5, 0.6) is 0 Å². The lowest BCUT2D eigenvalue weighted by molar-refractivity contribution is -0.137. The van der Waals surface area contributed by atoms with E-state index in [2.05, 4.69) is 4.74 Å². The van der Waals surface area contributed by atoms with Crippen LogP contribution in [0.2, 0.25) is 0 Å². The second kappa shape index (κ2) is 9.83. The Bertz CT molecular complexity index is 129. The lowest BCUT2D eigenvalue weighted by atomic mass is 10.7. The minimum Gasteiger partial charge on any atom is -0.468 e. The topological polar surface area (TPSA) is 44.8 Å². The van der Waals surface area contributed by atoms with Gasteiger partial charge in [0.15, 0.2) is 0 Å². The van der Waals surface area contributed by atoms with Crippen LogP contribution in [-0.2, 0) is 19.0 Å². The van der Waals surface area contributed by atoms with Crippen molar-refractivity contribution in [3.63, 3.8) is 0 Å². The van der Waals surface area contributed by atoms with Gasteiger partial charge in [0, 0.05) is 12.9 Å². The summed E-state index contributed by atoms with van der Waals surface area (Å²) in [7, 11) is 3.02. The Labute approximate surface area is 82.9 Å². The van der Waals surface area contributed by atoms with Crippen molar-refractivity contribution in [1.29, 1.82) is 0 Å². The summed E-state index contributed by atoms with van der Waals surface area (Å²) in [6.45, 7) is 1.86. The van der Waals surface area contributed by atoms with Crippen molar-refractivity contribution in [3.8, 4) is 0 Å². The van der Waals surface area contributed by atoms with Crippen LogP contribution >= 0.6 is 11.8 Å². The van der Waals surface area contributed by atoms with Crippen LogP contribution in [0.25, 0.3) is 0 Å². The molecule has 0 aliphatic rings. The van der Waals surface area contributed by atoms with E-state index < -0.39 is 0 Å².